The Morgan fingerprint density at radius 2 is 1.36 bits per heavy atom. The second-order valence-corrected chi connectivity index (χ2v) is 31.3. The molecule has 9 atom stereocenters. The summed E-state index contributed by atoms with van der Waals surface area (Å²) in [5.41, 5.74) is 2.05. The van der Waals surface area contributed by atoms with Crippen molar-refractivity contribution >= 4 is 76.8 Å². The highest BCUT2D eigenvalue weighted by Gasteiger charge is 2.49. The molecular formula is C83H119N9O20. The van der Waals surface area contributed by atoms with E-state index in [1.54, 1.807) is 56.4 Å². The minimum atomic E-state index is -2.04. The Morgan fingerprint density at radius 3 is 1.99 bits per heavy atom. The van der Waals surface area contributed by atoms with Crippen molar-refractivity contribution in [2.75, 3.05) is 51.1 Å². The highest BCUT2D eigenvalue weighted by molar-refractivity contribution is 5.95. The summed E-state index contributed by atoms with van der Waals surface area (Å²) in [6, 6.07) is 22.4. The number of aliphatic carboxylic acids is 2. The number of hydrogen-bond acceptors (Lipinski definition) is 19. The van der Waals surface area contributed by atoms with Crippen LogP contribution in [0.3, 0.4) is 0 Å². The van der Waals surface area contributed by atoms with Gasteiger partial charge in [-0.2, -0.15) is 0 Å². The van der Waals surface area contributed by atoms with Crippen LogP contribution < -0.4 is 46.9 Å². The van der Waals surface area contributed by atoms with Crippen LogP contribution in [0.25, 0.3) is 6.08 Å². The van der Waals surface area contributed by atoms with Gasteiger partial charge in [0.25, 0.3) is 0 Å². The summed E-state index contributed by atoms with van der Waals surface area (Å²) in [7, 11) is 4.79. The van der Waals surface area contributed by atoms with E-state index in [0.29, 0.717) is 50.0 Å². The molecule has 0 saturated carbocycles. The molecule has 4 aromatic carbocycles. The molecule has 1 saturated heterocycles. The summed E-state index contributed by atoms with van der Waals surface area (Å²) in [5.74, 6) is -6.48. The normalized spacial score (nSPS) is 17.1. The lowest BCUT2D eigenvalue weighted by Crippen LogP contribution is -2.61. The maximum absolute atomic E-state index is 14.4. The third-order valence-electron chi connectivity index (χ3n) is 19.9. The Bertz CT molecular complexity index is 3930. The van der Waals surface area contributed by atoms with Crippen molar-refractivity contribution in [1.82, 2.24) is 36.8 Å². The number of rotatable bonds is 43. The number of carboxylic acids is 2. The molecular weight excluding hydrogens is 1440 g/mol. The largest absolute Gasteiger partial charge is 0.479 e. The predicted molar refractivity (Wildman–Crippen MR) is 423 cm³/mol. The van der Waals surface area contributed by atoms with Crippen molar-refractivity contribution in [3.63, 3.8) is 0 Å². The Kier molecular flexibility index (Phi) is 35.6. The molecule has 5 rings (SSSR count). The lowest BCUT2D eigenvalue weighted by molar-refractivity contribution is -0.271. The number of unbranched alkanes of at least 4 members (excludes halogenated alkanes) is 1. The molecule has 112 heavy (non-hydrogen) atoms. The van der Waals surface area contributed by atoms with Crippen molar-refractivity contribution in [1.29, 1.82) is 0 Å². The second-order valence-electron chi connectivity index (χ2n) is 31.3. The van der Waals surface area contributed by atoms with Crippen molar-refractivity contribution in [3.05, 3.63) is 143 Å². The van der Waals surface area contributed by atoms with Crippen LogP contribution in [-0.2, 0) is 93.6 Å². The second kappa shape index (κ2) is 42.9. The number of ether oxygens (including phenoxy) is 5. The fourth-order valence-corrected chi connectivity index (χ4v) is 12.6. The van der Waals surface area contributed by atoms with Crippen LogP contribution in [0.5, 0.6) is 5.75 Å². The number of hydrogen-bond donors (Lipinski definition) is 12. The fraction of sp³-hybridized carbons (Fsp3) is 0.542. The number of carboxylic acid groups (broad SMARTS) is 2. The van der Waals surface area contributed by atoms with Gasteiger partial charge in [0.05, 0.1) is 36.4 Å². The third-order valence-corrected chi connectivity index (χ3v) is 19.9. The van der Waals surface area contributed by atoms with Crippen LogP contribution >= 0.6 is 0 Å². The van der Waals surface area contributed by atoms with Gasteiger partial charge in [0, 0.05) is 87.4 Å². The number of nitrogens with zero attached hydrogens (tertiary/aromatic N) is 2. The number of carbonyl (C=O) groups is 10. The zero-order valence-electron chi connectivity index (χ0n) is 67.7. The van der Waals surface area contributed by atoms with Gasteiger partial charge in [0.1, 0.15) is 42.8 Å². The van der Waals surface area contributed by atoms with E-state index in [1.807, 2.05) is 132 Å². The molecule has 0 bridgehead atoms. The molecule has 0 radical (unpaired) electrons. The van der Waals surface area contributed by atoms with Gasteiger partial charge in [0.15, 0.2) is 6.10 Å². The summed E-state index contributed by atoms with van der Waals surface area (Å²) in [6.07, 6.45) is -5.69. The number of nitrogens with one attached hydrogen (secondary N) is 7. The molecule has 29 heteroatoms. The van der Waals surface area contributed by atoms with Gasteiger partial charge < -0.3 is 90.9 Å². The van der Waals surface area contributed by atoms with E-state index < -0.39 is 137 Å². The van der Waals surface area contributed by atoms with E-state index in [1.165, 1.54) is 36.1 Å². The predicted octanol–water partition coefficient (Wildman–Crippen LogP) is 7.73. The number of anilines is 2. The number of methoxy groups -OCH3 is 1. The molecule has 616 valence electrons. The quantitative estimate of drug-likeness (QED) is 0.0149. The molecule has 0 spiro atoms. The Hall–Kier alpha value is -9.62. The number of amides is 8. The van der Waals surface area contributed by atoms with Crippen LogP contribution in [0, 0.1) is 11.3 Å². The summed E-state index contributed by atoms with van der Waals surface area (Å²) < 4.78 is 28.6. The van der Waals surface area contributed by atoms with Gasteiger partial charge in [-0.05, 0) is 143 Å². The summed E-state index contributed by atoms with van der Waals surface area (Å²) in [4.78, 5) is 138. The van der Waals surface area contributed by atoms with Gasteiger partial charge >= 0.3 is 18.0 Å². The number of para-hydroxylation sites is 1. The molecule has 8 amide bonds. The molecule has 12 N–H and O–H groups in total. The van der Waals surface area contributed by atoms with E-state index in [-0.39, 0.29) is 86.1 Å². The van der Waals surface area contributed by atoms with E-state index in [4.69, 9.17) is 23.7 Å². The van der Waals surface area contributed by atoms with E-state index >= 15 is 0 Å². The maximum atomic E-state index is 14.4. The van der Waals surface area contributed by atoms with Gasteiger partial charge in [0.2, 0.25) is 47.6 Å². The molecule has 29 nitrogen and oxygen atoms in total. The first-order valence-corrected chi connectivity index (χ1v) is 37.9. The first kappa shape index (κ1) is 93.0. The zero-order valence-corrected chi connectivity index (χ0v) is 67.7. The minimum absolute atomic E-state index is 0.0140. The standard InChI is InChI=1S/C83H119N9O20/c1-18-53-27-20-21-29-55(53)48-92(60-32-23-22-28-54(60)19-2)66(96)34-25-24-33-65(95)89-59(47-87-63(93)37-39-82(11,12)110-42-40-81(9,10)108-17)73(100)85-41-38-64(94)86-46-56-44-52(35-36-62(56)111-78-69(99)67(97)68(98)70(112-78)77(105)106)49-109-79(107)88-58-31-26-30-57(45-58)83(13,14)71(84-15)74(101)90-72(80(6,7)8)75(102)91(16)61(50(3)4)43-51(5)76(103)104/h18,20-23,26-32,35-36,43-45,50,59,61,67-72,78,84,97-99H,1,19,24-25,33-34,37-42,46-49H2,2-17H3,(H,85,100)(H,86,94)(H,87,93)(H,88,107)(H,89,95)(H,90,101)(H,103,104)(H,105,106)/b51-43+. The Balaban J connectivity index is 1.29. The van der Waals surface area contributed by atoms with Crippen LogP contribution in [0.1, 0.15) is 175 Å². The number of aliphatic hydroxyl groups is 3. The van der Waals surface area contributed by atoms with Gasteiger partial charge in [-0.1, -0.05) is 135 Å². The van der Waals surface area contributed by atoms with Gasteiger partial charge in [-0.25, -0.2) is 14.4 Å². The van der Waals surface area contributed by atoms with Crippen molar-refractivity contribution in [3.8, 4) is 5.75 Å². The van der Waals surface area contributed by atoms with Crippen molar-refractivity contribution in [2.45, 2.75) is 239 Å². The van der Waals surface area contributed by atoms with E-state index in [0.717, 1.165) is 22.4 Å². The molecule has 1 aliphatic rings. The molecule has 0 aliphatic carbocycles. The first-order valence-electron chi connectivity index (χ1n) is 37.9. The highest BCUT2D eigenvalue weighted by atomic mass is 16.7. The molecule has 1 heterocycles. The number of aryl methyl sites for hydroxylation is 1. The van der Waals surface area contributed by atoms with E-state index in [9.17, 15) is 73.5 Å². The molecule has 1 fully saturated rings. The zero-order chi connectivity index (χ0) is 83.6. The SMILES string of the molecule is C=Cc1ccccc1CN(C(=O)CCCCC(=O)NC(CNC(=O)CCC(C)(C)OCCC(C)(C)OC)C(=O)NCCC(=O)NCc1cc(COC(=O)Nc2cccc(C(C)(C)C(NC)C(=O)NC(C(=O)N(C)C(/C=C(\C)C(=O)O)C(C)C)C(C)(C)C)c2)ccc1OC1OC(C(=O)O)C(O)C(O)C1O)c1ccccc1CC. The van der Waals surface area contributed by atoms with Gasteiger partial charge in [-0.3, -0.25) is 38.9 Å². The van der Waals surface area contributed by atoms with Crippen molar-refractivity contribution < 1.29 is 97.2 Å². The smallest absolute Gasteiger partial charge is 0.411 e. The number of likely N-dealkylation sites (N-methyl/N-ethyl adjacent to an activating group) is 2. The first-order chi connectivity index (χ1) is 52.6. The lowest BCUT2D eigenvalue weighted by Gasteiger charge is -2.40. The molecule has 1 aliphatic heterocycles. The molecule has 0 aromatic heterocycles. The summed E-state index contributed by atoms with van der Waals surface area (Å²) in [5, 5.41) is 71.0. The number of aliphatic hydroxyl groups excluding tert-OH is 3. The van der Waals surface area contributed by atoms with E-state index in [2.05, 4.69) is 43.8 Å². The maximum Gasteiger partial charge on any atom is 0.411 e. The van der Waals surface area contributed by atoms with Crippen LogP contribution in [0.15, 0.2) is 109 Å². The van der Waals surface area contributed by atoms with Crippen LogP contribution in [-0.4, -0.2) is 197 Å². The summed E-state index contributed by atoms with van der Waals surface area (Å²) in [6.45, 7) is 27.1. The summed E-state index contributed by atoms with van der Waals surface area (Å²) >= 11 is 0. The van der Waals surface area contributed by atoms with Crippen LogP contribution in [0.4, 0.5) is 16.2 Å². The Labute approximate surface area is 657 Å². The Morgan fingerprint density at radius 1 is 0.696 bits per heavy atom. The molecule has 9 unspecified atom stereocenters. The number of carbonyl (C=O) groups excluding carboxylic acids is 8. The molecule has 4 aromatic rings. The number of benzene rings is 4. The topological polar surface area (TPSA) is 409 Å². The lowest BCUT2D eigenvalue weighted by atomic mass is 9.76. The third kappa shape index (κ3) is 27.9. The minimum Gasteiger partial charge on any atom is -0.479 e. The van der Waals surface area contributed by atoms with Gasteiger partial charge in [-0.15, -0.1) is 0 Å². The average Bonchev–Trinajstić information content (AvgIpc) is 0.787. The average molecular weight is 1560 g/mol. The van der Waals surface area contributed by atoms with Crippen LogP contribution in [0.2, 0.25) is 0 Å². The fourth-order valence-electron chi connectivity index (χ4n) is 12.6. The monoisotopic (exact) mass is 1560 g/mol. The van der Waals surface area contributed by atoms with Crippen molar-refractivity contribution in [2.24, 2.45) is 11.3 Å². The highest BCUT2D eigenvalue weighted by Crippen LogP contribution is 2.34.